The summed E-state index contributed by atoms with van der Waals surface area (Å²) < 4.78 is 0. The molecule has 0 aliphatic heterocycles. The Balaban J connectivity index is 2.01. The summed E-state index contributed by atoms with van der Waals surface area (Å²) in [6, 6.07) is 12.0. The van der Waals surface area contributed by atoms with Crippen molar-refractivity contribution in [2.24, 2.45) is 0 Å². The van der Waals surface area contributed by atoms with Crippen LogP contribution in [-0.2, 0) is 12.0 Å². The summed E-state index contributed by atoms with van der Waals surface area (Å²) in [6.45, 7) is 2.22. The molecule has 0 bridgehead atoms. The van der Waals surface area contributed by atoms with Crippen LogP contribution in [0.3, 0.4) is 0 Å². The maximum absolute atomic E-state index is 11.1. The molecule has 0 saturated heterocycles. The summed E-state index contributed by atoms with van der Waals surface area (Å²) in [6.07, 6.45) is 3.96. The van der Waals surface area contributed by atoms with Gasteiger partial charge in [-0.15, -0.1) is 0 Å². The predicted molar refractivity (Wildman–Crippen MR) is 80.3 cm³/mol. The third-order valence-corrected chi connectivity index (χ3v) is 4.39. The first-order chi connectivity index (χ1) is 9.60. The molecule has 3 nitrogen and oxygen atoms in total. The Labute approximate surface area is 119 Å². The van der Waals surface area contributed by atoms with E-state index >= 15 is 0 Å². The van der Waals surface area contributed by atoms with Gasteiger partial charge in [0, 0.05) is 12.6 Å². The highest BCUT2D eigenvalue weighted by Crippen LogP contribution is 2.43. The number of nitrogens with zero attached hydrogens (tertiary/aromatic N) is 1. The van der Waals surface area contributed by atoms with E-state index in [2.05, 4.69) is 18.0 Å². The molecule has 0 amide bonds. The molecule has 0 saturated carbocycles. The minimum atomic E-state index is -0.833. The zero-order valence-corrected chi connectivity index (χ0v) is 11.7. The van der Waals surface area contributed by atoms with Gasteiger partial charge in [-0.3, -0.25) is 0 Å². The normalized spacial score (nSPS) is 25.2. The van der Waals surface area contributed by atoms with E-state index in [1.54, 1.807) is 6.20 Å². The fourth-order valence-electron chi connectivity index (χ4n) is 3.19. The molecule has 1 aromatic carbocycles. The minimum Gasteiger partial charge on any atom is -0.385 e. The van der Waals surface area contributed by atoms with Crippen LogP contribution in [0.2, 0.25) is 0 Å². The molecule has 1 aliphatic carbocycles. The SMILES string of the molecule is CC1CCC(O)(Cc2cccnc2N)c2ccccc21. The van der Waals surface area contributed by atoms with Crippen LogP contribution in [-0.4, -0.2) is 10.1 Å². The third kappa shape index (κ3) is 2.18. The third-order valence-electron chi connectivity index (χ3n) is 4.39. The van der Waals surface area contributed by atoms with E-state index in [0.29, 0.717) is 18.2 Å². The Hall–Kier alpha value is -1.87. The molecule has 104 valence electrons. The van der Waals surface area contributed by atoms with Crippen molar-refractivity contribution in [1.29, 1.82) is 0 Å². The summed E-state index contributed by atoms with van der Waals surface area (Å²) in [5.74, 6) is 1.01. The fraction of sp³-hybridized carbons (Fsp3) is 0.353. The maximum Gasteiger partial charge on any atom is 0.126 e. The van der Waals surface area contributed by atoms with Crippen LogP contribution in [0.4, 0.5) is 5.82 Å². The summed E-state index contributed by atoms with van der Waals surface area (Å²) in [4.78, 5) is 4.11. The highest BCUT2D eigenvalue weighted by atomic mass is 16.3. The van der Waals surface area contributed by atoms with E-state index in [1.807, 2.05) is 30.3 Å². The molecule has 2 atom stereocenters. The lowest BCUT2D eigenvalue weighted by Gasteiger charge is -2.37. The average molecular weight is 268 g/mol. The molecule has 0 fully saturated rings. The van der Waals surface area contributed by atoms with Crippen molar-refractivity contribution in [3.8, 4) is 0 Å². The molecular weight excluding hydrogens is 248 g/mol. The second kappa shape index (κ2) is 4.91. The number of hydrogen-bond acceptors (Lipinski definition) is 3. The van der Waals surface area contributed by atoms with Crippen molar-refractivity contribution in [3.63, 3.8) is 0 Å². The summed E-state index contributed by atoms with van der Waals surface area (Å²) in [7, 11) is 0. The number of anilines is 1. The molecule has 3 heteroatoms. The molecule has 0 radical (unpaired) electrons. The Kier molecular flexibility index (Phi) is 3.22. The number of benzene rings is 1. The zero-order valence-electron chi connectivity index (χ0n) is 11.7. The lowest BCUT2D eigenvalue weighted by Crippen LogP contribution is -2.34. The van der Waals surface area contributed by atoms with Crippen LogP contribution in [0.15, 0.2) is 42.6 Å². The number of aliphatic hydroxyl groups is 1. The minimum absolute atomic E-state index is 0.498. The Morgan fingerprint density at radius 3 is 2.90 bits per heavy atom. The van der Waals surface area contributed by atoms with E-state index in [1.165, 1.54) is 5.56 Å². The highest BCUT2D eigenvalue weighted by Gasteiger charge is 2.37. The fourth-order valence-corrected chi connectivity index (χ4v) is 3.19. The van der Waals surface area contributed by atoms with Crippen molar-refractivity contribution in [3.05, 3.63) is 59.3 Å². The number of pyridine rings is 1. The number of nitrogens with two attached hydrogens (primary N) is 1. The van der Waals surface area contributed by atoms with Crippen molar-refractivity contribution in [1.82, 2.24) is 4.98 Å². The average Bonchev–Trinajstić information content (AvgIpc) is 2.46. The molecule has 1 heterocycles. The van der Waals surface area contributed by atoms with Crippen LogP contribution >= 0.6 is 0 Å². The monoisotopic (exact) mass is 268 g/mol. The van der Waals surface area contributed by atoms with E-state index in [4.69, 9.17) is 5.73 Å². The van der Waals surface area contributed by atoms with E-state index < -0.39 is 5.60 Å². The molecular formula is C17H20N2O. The summed E-state index contributed by atoms with van der Waals surface area (Å²) in [5.41, 5.74) is 8.30. The molecule has 0 spiro atoms. The number of rotatable bonds is 2. The molecule has 2 unspecified atom stereocenters. The summed E-state index contributed by atoms with van der Waals surface area (Å²) in [5, 5.41) is 11.1. The van der Waals surface area contributed by atoms with Gasteiger partial charge in [0.2, 0.25) is 0 Å². The largest absolute Gasteiger partial charge is 0.385 e. The Morgan fingerprint density at radius 2 is 2.10 bits per heavy atom. The van der Waals surface area contributed by atoms with Crippen molar-refractivity contribution in [2.75, 3.05) is 5.73 Å². The van der Waals surface area contributed by atoms with Gasteiger partial charge in [-0.05, 0) is 41.5 Å². The van der Waals surface area contributed by atoms with Crippen molar-refractivity contribution >= 4 is 5.82 Å². The van der Waals surface area contributed by atoms with Crippen LogP contribution < -0.4 is 5.73 Å². The Bertz CT molecular complexity index is 626. The van der Waals surface area contributed by atoms with Crippen LogP contribution in [0.5, 0.6) is 0 Å². The smallest absolute Gasteiger partial charge is 0.126 e. The zero-order chi connectivity index (χ0) is 14.2. The lowest BCUT2D eigenvalue weighted by molar-refractivity contribution is 0.0160. The molecule has 20 heavy (non-hydrogen) atoms. The van der Waals surface area contributed by atoms with Crippen LogP contribution in [0.25, 0.3) is 0 Å². The molecule has 3 rings (SSSR count). The number of hydrogen-bond donors (Lipinski definition) is 2. The van der Waals surface area contributed by atoms with Gasteiger partial charge in [0.25, 0.3) is 0 Å². The number of nitrogen functional groups attached to an aromatic ring is 1. The van der Waals surface area contributed by atoms with Gasteiger partial charge in [-0.2, -0.15) is 0 Å². The molecule has 1 aliphatic rings. The topological polar surface area (TPSA) is 59.1 Å². The Morgan fingerprint density at radius 1 is 1.30 bits per heavy atom. The van der Waals surface area contributed by atoms with Gasteiger partial charge in [0.1, 0.15) is 5.82 Å². The predicted octanol–water partition coefficient (Wildman–Crippen LogP) is 2.99. The molecule has 3 N–H and O–H groups in total. The highest BCUT2D eigenvalue weighted by molar-refractivity contribution is 5.43. The molecule has 2 aromatic rings. The van der Waals surface area contributed by atoms with Crippen LogP contribution in [0, 0.1) is 0 Å². The molecule has 1 aromatic heterocycles. The quantitative estimate of drug-likeness (QED) is 0.880. The van der Waals surface area contributed by atoms with Gasteiger partial charge in [0.05, 0.1) is 5.60 Å². The number of aromatic nitrogens is 1. The van der Waals surface area contributed by atoms with E-state index in [-0.39, 0.29) is 0 Å². The van der Waals surface area contributed by atoms with E-state index in [0.717, 1.165) is 24.0 Å². The maximum atomic E-state index is 11.1. The second-order valence-electron chi connectivity index (χ2n) is 5.78. The first-order valence-electron chi connectivity index (χ1n) is 7.11. The first kappa shape index (κ1) is 13.1. The lowest BCUT2D eigenvalue weighted by atomic mass is 9.72. The van der Waals surface area contributed by atoms with Gasteiger partial charge >= 0.3 is 0 Å². The van der Waals surface area contributed by atoms with Crippen LogP contribution in [0.1, 0.15) is 42.4 Å². The first-order valence-corrected chi connectivity index (χ1v) is 7.11. The summed E-state index contributed by atoms with van der Waals surface area (Å²) >= 11 is 0. The van der Waals surface area contributed by atoms with Gasteiger partial charge in [-0.25, -0.2) is 4.98 Å². The second-order valence-corrected chi connectivity index (χ2v) is 5.78. The van der Waals surface area contributed by atoms with E-state index in [9.17, 15) is 5.11 Å². The van der Waals surface area contributed by atoms with Crippen molar-refractivity contribution < 1.29 is 5.11 Å². The van der Waals surface area contributed by atoms with Gasteiger partial charge in [-0.1, -0.05) is 37.3 Å². The van der Waals surface area contributed by atoms with Gasteiger partial charge < -0.3 is 10.8 Å². The van der Waals surface area contributed by atoms with Gasteiger partial charge in [0.15, 0.2) is 0 Å². The standard InChI is InChI=1S/C17H20N2O/c1-12-8-9-17(20,15-7-3-2-6-14(12)15)11-13-5-4-10-19-16(13)18/h2-7,10,12,20H,8-9,11H2,1H3,(H2,18,19). The van der Waals surface area contributed by atoms with Crippen molar-refractivity contribution in [2.45, 2.75) is 37.7 Å². The number of fused-ring (bicyclic) bond motifs is 1.